The molecule has 0 saturated carbocycles. The van der Waals surface area contributed by atoms with E-state index < -0.39 is 23.3 Å². The summed E-state index contributed by atoms with van der Waals surface area (Å²) in [5, 5.41) is 11.5. The lowest BCUT2D eigenvalue weighted by Crippen LogP contribution is -2.55. The van der Waals surface area contributed by atoms with Gasteiger partial charge in [0.05, 0.1) is 22.8 Å². The predicted molar refractivity (Wildman–Crippen MR) is 97.1 cm³/mol. The van der Waals surface area contributed by atoms with Gasteiger partial charge in [0.1, 0.15) is 0 Å². The van der Waals surface area contributed by atoms with Crippen molar-refractivity contribution in [2.45, 2.75) is 38.0 Å². The minimum Gasteiger partial charge on any atom is -0.361 e. The van der Waals surface area contributed by atoms with Gasteiger partial charge in [0.25, 0.3) is 5.91 Å². The molecule has 148 valence electrons. The number of hydrogen-bond acceptors (Lipinski definition) is 4. The van der Waals surface area contributed by atoms with Crippen LogP contribution >= 0.6 is 0 Å². The average Bonchev–Trinajstić information content (AvgIpc) is 3.13. The number of nitrogens with zero attached hydrogens (tertiary/aromatic N) is 3. The number of hydrogen-bond donors (Lipinski definition) is 1. The summed E-state index contributed by atoms with van der Waals surface area (Å²) < 4.78 is 40.2. The number of amides is 1. The van der Waals surface area contributed by atoms with E-state index >= 15 is 0 Å². The average molecular weight is 390 g/mol. The Bertz CT molecular complexity index is 934. The number of halogens is 3. The van der Waals surface area contributed by atoms with Crippen molar-refractivity contribution in [1.29, 1.82) is 0 Å². The van der Waals surface area contributed by atoms with Crippen LogP contribution in [-0.4, -0.2) is 30.6 Å². The Kier molecular flexibility index (Phi) is 4.13. The van der Waals surface area contributed by atoms with Gasteiger partial charge in [-0.1, -0.05) is 32.0 Å². The number of rotatable bonds is 2. The van der Waals surface area contributed by atoms with Crippen LogP contribution in [0.4, 0.5) is 13.2 Å². The molecule has 1 aromatic rings. The maximum atomic E-state index is 13.4. The zero-order valence-corrected chi connectivity index (χ0v) is 15.8. The Morgan fingerprint density at radius 2 is 2.11 bits per heavy atom. The quantitative estimate of drug-likeness (QED) is 0.830. The van der Waals surface area contributed by atoms with E-state index in [1.165, 1.54) is 6.07 Å². The van der Waals surface area contributed by atoms with Crippen LogP contribution in [-0.2, 0) is 16.4 Å². The molecule has 3 heterocycles. The number of carbonyl (C=O) groups is 1. The highest BCUT2D eigenvalue weighted by atomic mass is 19.4. The summed E-state index contributed by atoms with van der Waals surface area (Å²) in [6, 6.07) is 5.27. The van der Waals surface area contributed by atoms with Gasteiger partial charge in [0, 0.05) is 30.8 Å². The van der Waals surface area contributed by atoms with Crippen LogP contribution in [0, 0.1) is 5.92 Å². The van der Waals surface area contributed by atoms with E-state index in [0.29, 0.717) is 29.7 Å². The third kappa shape index (κ3) is 2.50. The number of nitrogens with one attached hydrogen (secondary N) is 1. The lowest BCUT2D eigenvalue weighted by molar-refractivity contribution is -0.137. The summed E-state index contributed by atoms with van der Waals surface area (Å²) in [6.07, 6.45) is -2.92. The molecular weight excluding hydrogens is 369 g/mol. The van der Waals surface area contributed by atoms with Gasteiger partial charge in [-0.15, -0.1) is 0 Å². The van der Waals surface area contributed by atoms with Gasteiger partial charge in [0.15, 0.2) is 6.17 Å². The third-order valence-electron chi connectivity index (χ3n) is 5.97. The first-order valence-corrected chi connectivity index (χ1v) is 9.25. The van der Waals surface area contributed by atoms with E-state index in [4.69, 9.17) is 0 Å². The molecule has 0 saturated heterocycles. The van der Waals surface area contributed by atoms with E-state index in [1.807, 2.05) is 13.8 Å². The number of fused-ring (bicyclic) bond motifs is 1. The third-order valence-corrected chi connectivity index (χ3v) is 5.97. The molecule has 1 aromatic carbocycles. The van der Waals surface area contributed by atoms with Crippen LogP contribution in [0.25, 0.3) is 0 Å². The normalized spacial score (nSPS) is 29.4. The van der Waals surface area contributed by atoms with Crippen LogP contribution in [0.3, 0.4) is 0 Å². The monoisotopic (exact) mass is 390 g/mol. The van der Waals surface area contributed by atoms with Crippen molar-refractivity contribution in [2.24, 2.45) is 16.1 Å². The van der Waals surface area contributed by atoms with Gasteiger partial charge < -0.3 is 10.2 Å². The van der Waals surface area contributed by atoms with Gasteiger partial charge in [-0.2, -0.15) is 23.4 Å². The zero-order valence-electron chi connectivity index (χ0n) is 15.8. The highest BCUT2D eigenvalue weighted by molar-refractivity contribution is 5.99. The molecule has 3 aliphatic rings. The van der Waals surface area contributed by atoms with Gasteiger partial charge in [-0.3, -0.25) is 4.79 Å². The Hall–Kier alpha value is -2.64. The number of carbonyl (C=O) groups excluding carboxylic acids is 1. The van der Waals surface area contributed by atoms with Crippen LogP contribution < -0.4 is 5.32 Å². The van der Waals surface area contributed by atoms with Crippen LogP contribution in [0.2, 0.25) is 0 Å². The molecule has 3 atom stereocenters. The molecule has 3 aliphatic heterocycles. The van der Waals surface area contributed by atoms with Crippen molar-refractivity contribution in [2.75, 3.05) is 13.6 Å². The van der Waals surface area contributed by atoms with Gasteiger partial charge in [0.2, 0.25) is 0 Å². The number of azo groups is 1. The first-order chi connectivity index (χ1) is 13.2. The van der Waals surface area contributed by atoms with Crippen LogP contribution in [0.1, 0.15) is 31.4 Å². The number of alkyl halides is 3. The van der Waals surface area contributed by atoms with Crippen molar-refractivity contribution in [3.63, 3.8) is 0 Å². The molecule has 28 heavy (non-hydrogen) atoms. The SMILES string of the molecule is CC[C@@]1(c2cccc(C(F)(F)F)c2)C2=CN=NC2NC2=C1C(=O)N(C)C[C@H]2C. The summed E-state index contributed by atoms with van der Waals surface area (Å²) in [7, 11) is 1.72. The molecule has 1 unspecified atom stereocenters. The van der Waals surface area contributed by atoms with E-state index in [-0.39, 0.29) is 11.8 Å². The first kappa shape index (κ1) is 18.7. The van der Waals surface area contributed by atoms with Crippen molar-refractivity contribution < 1.29 is 18.0 Å². The fraction of sp³-hybridized carbons (Fsp3) is 0.450. The Balaban J connectivity index is 2.02. The summed E-state index contributed by atoms with van der Waals surface area (Å²) >= 11 is 0. The van der Waals surface area contributed by atoms with Gasteiger partial charge in [-0.25, -0.2) is 0 Å². The molecule has 1 amide bonds. The van der Waals surface area contributed by atoms with E-state index in [9.17, 15) is 18.0 Å². The van der Waals surface area contributed by atoms with Crippen LogP contribution in [0.5, 0.6) is 0 Å². The first-order valence-electron chi connectivity index (χ1n) is 9.25. The molecule has 8 heteroatoms. The Morgan fingerprint density at radius 3 is 2.79 bits per heavy atom. The molecule has 0 radical (unpaired) electrons. The largest absolute Gasteiger partial charge is 0.416 e. The predicted octanol–water partition coefficient (Wildman–Crippen LogP) is 3.99. The maximum Gasteiger partial charge on any atom is 0.416 e. The van der Waals surface area contributed by atoms with Gasteiger partial charge in [-0.05, 0) is 18.1 Å². The van der Waals surface area contributed by atoms with Crippen molar-refractivity contribution >= 4 is 5.91 Å². The maximum absolute atomic E-state index is 13.4. The molecule has 0 spiro atoms. The summed E-state index contributed by atoms with van der Waals surface area (Å²) in [4.78, 5) is 14.9. The smallest absolute Gasteiger partial charge is 0.361 e. The molecule has 0 aromatic heterocycles. The zero-order chi connectivity index (χ0) is 20.3. The topological polar surface area (TPSA) is 57.1 Å². The minimum atomic E-state index is -4.46. The van der Waals surface area contributed by atoms with Gasteiger partial charge >= 0.3 is 6.18 Å². The Labute approximate surface area is 161 Å². The second-order valence-corrected chi connectivity index (χ2v) is 7.58. The lowest BCUT2D eigenvalue weighted by atomic mass is 9.62. The van der Waals surface area contributed by atoms with E-state index in [1.54, 1.807) is 24.2 Å². The minimum absolute atomic E-state index is 0.0202. The highest BCUT2D eigenvalue weighted by Gasteiger charge is 2.53. The standard InChI is InChI=1S/C20H21F3N4O/c1-4-19(12-6-5-7-13(8-12)20(21,22)23)14-9-24-26-17(14)25-16-11(2)10-27(3)18(28)15(16)19/h5-9,11,17,25H,4,10H2,1-3H3/t11-,17?,19-/m1/s1. The highest BCUT2D eigenvalue weighted by Crippen LogP contribution is 2.52. The van der Waals surface area contributed by atoms with E-state index in [2.05, 4.69) is 15.5 Å². The van der Waals surface area contributed by atoms with E-state index in [0.717, 1.165) is 17.8 Å². The molecule has 5 nitrogen and oxygen atoms in total. The molecule has 4 rings (SSSR count). The fourth-order valence-electron chi connectivity index (χ4n) is 4.66. The van der Waals surface area contributed by atoms with Crippen LogP contribution in [0.15, 0.2) is 57.5 Å². The Morgan fingerprint density at radius 1 is 1.36 bits per heavy atom. The molecule has 0 fully saturated rings. The summed E-state index contributed by atoms with van der Waals surface area (Å²) in [6.45, 7) is 4.42. The van der Waals surface area contributed by atoms with Crippen molar-refractivity contribution in [1.82, 2.24) is 10.2 Å². The fourth-order valence-corrected chi connectivity index (χ4v) is 4.66. The summed E-state index contributed by atoms with van der Waals surface area (Å²) in [5.41, 5.74) is 0.681. The number of benzene rings is 1. The molecule has 0 bridgehead atoms. The number of likely N-dealkylation sites (N-methyl/N-ethyl adjacent to an activating group) is 1. The lowest BCUT2D eigenvalue weighted by Gasteiger charge is -2.48. The second kappa shape index (κ2) is 6.18. The summed E-state index contributed by atoms with van der Waals surface area (Å²) in [5.74, 6) is -0.155. The molecular formula is C20H21F3N4O. The molecule has 1 N–H and O–H groups in total. The van der Waals surface area contributed by atoms with Crippen molar-refractivity contribution in [3.8, 4) is 0 Å². The second-order valence-electron chi connectivity index (χ2n) is 7.58. The van der Waals surface area contributed by atoms with Crippen molar-refractivity contribution in [3.05, 3.63) is 58.4 Å². The molecule has 0 aliphatic carbocycles.